The van der Waals surface area contributed by atoms with Gasteiger partial charge in [0.25, 0.3) is 0 Å². The molecule has 1 rings (SSSR count). The maximum atomic E-state index is 13.2. The van der Waals surface area contributed by atoms with Crippen molar-refractivity contribution in [2.75, 3.05) is 11.9 Å². The highest BCUT2D eigenvalue weighted by Crippen LogP contribution is 2.43. The molecule has 0 aromatic heterocycles. The van der Waals surface area contributed by atoms with Crippen LogP contribution in [0.1, 0.15) is 24.2 Å². The van der Waals surface area contributed by atoms with E-state index in [9.17, 15) is 35.9 Å². The van der Waals surface area contributed by atoms with Crippen LogP contribution >= 0.6 is 0 Å². The number of hydrogen-bond donors (Lipinski definition) is 2. The zero-order valence-electron chi connectivity index (χ0n) is 13.0. The minimum atomic E-state index is -5.89. The van der Waals surface area contributed by atoms with Crippen molar-refractivity contribution in [2.45, 2.75) is 31.9 Å². The predicted octanol–water partition coefficient (Wildman–Crippen LogP) is 3.23. The third-order valence-electron chi connectivity index (χ3n) is 2.94. The van der Waals surface area contributed by atoms with Gasteiger partial charge >= 0.3 is 24.0 Å². The van der Waals surface area contributed by atoms with Gasteiger partial charge in [-0.15, -0.1) is 0 Å². The Labute approximate surface area is 138 Å². The molecule has 0 spiro atoms. The summed E-state index contributed by atoms with van der Waals surface area (Å²) in [5, 5.41) is 2.16. The Kier molecular flexibility index (Phi) is 5.92. The van der Waals surface area contributed by atoms with Gasteiger partial charge in [0.2, 0.25) is 5.91 Å². The number of esters is 1. The predicted molar refractivity (Wildman–Crippen MR) is 74.7 cm³/mol. The van der Waals surface area contributed by atoms with Crippen molar-refractivity contribution < 1.29 is 40.7 Å². The largest absolute Gasteiger partial charge is 0.462 e. The quantitative estimate of drug-likeness (QED) is 0.473. The van der Waals surface area contributed by atoms with Crippen LogP contribution in [-0.4, -0.2) is 36.5 Å². The molecule has 0 aliphatic carbocycles. The zero-order valence-corrected chi connectivity index (χ0v) is 13.0. The topological polar surface area (TPSA) is 67.4 Å². The number of amides is 1. The van der Waals surface area contributed by atoms with Crippen molar-refractivity contribution >= 4 is 17.6 Å². The summed E-state index contributed by atoms with van der Waals surface area (Å²) in [5.74, 6) is -2.32. The first-order valence-electron chi connectivity index (χ1n) is 6.81. The van der Waals surface area contributed by atoms with Crippen molar-refractivity contribution in [2.24, 2.45) is 0 Å². The Bertz CT molecular complexity index is 611. The van der Waals surface area contributed by atoms with Crippen LogP contribution in [0.15, 0.2) is 24.3 Å². The van der Waals surface area contributed by atoms with Crippen molar-refractivity contribution in [1.82, 2.24) is 5.32 Å². The molecule has 1 aromatic carbocycles. The Hall–Kier alpha value is -2.46. The van der Waals surface area contributed by atoms with Gasteiger partial charge in [-0.2, -0.15) is 26.3 Å². The molecule has 0 saturated carbocycles. The van der Waals surface area contributed by atoms with E-state index in [2.05, 4.69) is 4.74 Å². The molecular formula is C14H14F6N2O3. The fraction of sp³-hybridized carbons (Fsp3) is 0.429. The standard InChI is InChI=1S/C14H14F6N2O3/c1-3-25-11(24)9-4-6-10(7-5-9)22-12(13(15,16)17,14(18,19)20)21-8(2)23/h4-7,22H,3H2,1-2H3,(H,21,23). The molecular weight excluding hydrogens is 358 g/mol. The van der Waals surface area contributed by atoms with Crippen molar-refractivity contribution in [3.63, 3.8) is 0 Å². The molecule has 0 fully saturated rings. The molecule has 1 amide bonds. The summed E-state index contributed by atoms with van der Waals surface area (Å²) >= 11 is 0. The lowest BCUT2D eigenvalue weighted by Gasteiger charge is -2.38. The lowest BCUT2D eigenvalue weighted by Crippen LogP contribution is -2.71. The second-order valence-corrected chi connectivity index (χ2v) is 4.85. The van der Waals surface area contributed by atoms with Crippen molar-refractivity contribution in [3.05, 3.63) is 29.8 Å². The molecule has 140 valence electrons. The van der Waals surface area contributed by atoms with Crippen LogP contribution in [-0.2, 0) is 9.53 Å². The molecule has 0 saturated heterocycles. The Morgan fingerprint density at radius 1 is 1.00 bits per heavy atom. The minimum Gasteiger partial charge on any atom is -0.462 e. The van der Waals surface area contributed by atoms with E-state index in [-0.39, 0.29) is 12.2 Å². The number of benzene rings is 1. The highest BCUT2D eigenvalue weighted by atomic mass is 19.4. The summed E-state index contributed by atoms with van der Waals surface area (Å²) in [7, 11) is 0. The van der Waals surface area contributed by atoms with E-state index >= 15 is 0 Å². The Balaban J connectivity index is 3.26. The van der Waals surface area contributed by atoms with Crippen LogP contribution in [0.3, 0.4) is 0 Å². The summed E-state index contributed by atoms with van der Waals surface area (Å²) in [6, 6.07) is 3.65. The SMILES string of the molecule is CCOC(=O)c1ccc(NC(NC(C)=O)(C(F)(F)F)C(F)(F)F)cc1. The third kappa shape index (κ3) is 4.54. The molecule has 0 aliphatic heterocycles. The average Bonchev–Trinajstić information content (AvgIpc) is 2.44. The molecule has 0 aliphatic rings. The maximum Gasteiger partial charge on any atom is 0.439 e. The van der Waals surface area contributed by atoms with Gasteiger partial charge in [-0.1, -0.05) is 0 Å². The van der Waals surface area contributed by atoms with Crippen molar-refractivity contribution in [1.29, 1.82) is 0 Å². The summed E-state index contributed by atoms with van der Waals surface area (Å²) in [5.41, 5.74) is -5.36. The number of rotatable bonds is 5. The molecule has 11 heteroatoms. The molecule has 0 heterocycles. The van der Waals surface area contributed by atoms with E-state index in [0.29, 0.717) is 6.92 Å². The lowest BCUT2D eigenvalue weighted by molar-refractivity contribution is -0.295. The average molecular weight is 372 g/mol. The van der Waals surface area contributed by atoms with E-state index in [1.165, 1.54) is 12.2 Å². The molecule has 25 heavy (non-hydrogen) atoms. The Morgan fingerprint density at radius 3 is 1.84 bits per heavy atom. The van der Waals surface area contributed by atoms with E-state index in [1.54, 1.807) is 0 Å². The Morgan fingerprint density at radius 2 is 1.48 bits per heavy atom. The zero-order chi connectivity index (χ0) is 19.5. The molecule has 0 unspecified atom stereocenters. The molecule has 0 radical (unpaired) electrons. The number of halogens is 6. The molecule has 0 bridgehead atoms. The van der Waals surface area contributed by atoms with Crippen LogP contribution in [0.25, 0.3) is 0 Å². The first-order chi connectivity index (χ1) is 11.3. The van der Waals surface area contributed by atoms with Gasteiger partial charge in [-0.25, -0.2) is 4.79 Å². The van der Waals surface area contributed by atoms with Gasteiger partial charge in [0.15, 0.2) is 0 Å². The fourth-order valence-corrected chi connectivity index (χ4v) is 1.86. The molecule has 2 N–H and O–H groups in total. The number of carbonyl (C=O) groups is 2. The van der Waals surface area contributed by atoms with Gasteiger partial charge in [0.05, 0.1) is 12.2 Å². The van der Waals surface area contributed by atoms with Gasteiger partial charge in [0.1, 0.15) is 0 Å². The first kappa shape index (κ1) is 20.6. The number of carbonyl (C=O) groups excluding carboxylic acids is 2. The van der Waals surface area contributed by atoms with Gasteiger partial charge in [-0.05, 0) is 31.2 Å². The van der Waals surface area contributed by atoms with E-state index < -0.39 is 35.6 Å². The number of anilines is 1. The number of nitrogens with one attached hydrogen (secondary N) is 2. The smallest absolute Gasteiger partial charge is 0.439 e. The molecule has 1 aromatic rings. The summed E-state index contributed by atoms with van der Waals surface area (Å²) < 4.78 is 83.6. The minimum absolute atomic E-state index is 0.0482. The summed E-state index contributed by atoms with van der Waals surface area (Å²) in [6.45, 7) is 2.10. The fourth-order valence-electron chi connectivity index (χ4n) is 1.86. The second-order valence-electron chi connectivity index (χ2n) is 4.85. The molecule has 5 nitrogen and oxygen atoms in total. The van der Waals surface area contributed by atoms with Gasteiger partial charge < -0.3 is 15.4 Å². The van der Waals surface area contributed by atoms with E-state index in [0.717, 1.165) is 29.6 Å². The van der Waals surface area contributed by atoms with Crippen LogP contribution in [0.2, 0.25) is 0 Å². The summed E-state index contributed by atoms with van der Waals surface area (Å²) in [4.78, 5) is 22.4. The molecule has 0 atom stereocenters. The second kappa shape index (κ2) is 7.19. The van der Waals surface area contributed by atoms with Crippen LogP contribution < -0.4 is 10.6 Å². The first-order valence-corrected chi connectivity index (χ1v) is 6.81. The van der Waals surface area contributed by atoms with Crippen LogP contribution in [0.5, 0.6) is 0 Å². The highest BCUT2D eigenvalue weighted by molar-refractivity contribution is 5.89. The van der Waals surface area contributed by atoms with Crippen LogP contribution in [0, 0.1) is 0 Å². The number of ether oxygens (including phenoxy) is 1. The normalized spacial score (nSPS) is 12.5. The third-order valence-corrected chi connectivity index (χ3v) is 2.94. The van der Waals surface area contributed by atoms with E-state index in [4.69, 9.17) is 0 Å². The number of hydrogen-bond acceptors (Lipinski definition) is 4. The monoisotopic (exact) mass is 372 g/mol. The van der Waals surface area contributed by atoms with Crippen molar-refractivity contribution in [3.8, 4) is 0 Å². The number of alkyl halides is 6. The van der Waals surface area contributed by atoms with E-state index in [1.807, 2.05) is 0 Å². The van der Waals surface area contributed by atoms with Gasteiger partial charge in [-0.3, -0.25) is 4.79 Å². The van der Waals surface area contributed by atoms with Crippen LogP contribution in [0.4, 0.5) is 32.0 Å². The maximum absolute atomic E-state index is 13.2. The van der Waals surface area contributed by atoms with Gasteiger partial charge in [0, 0.05) is 12.6 Å². The highest BCUT2D eigenvalue weighted by Gasteiger charge is 2.72. The summed E-state index contributed by atoms with van der Waals surface area (Å²) in [6.07, 6.45) is -11.8. The lowest BCUT2D eigenvalue weighted by atomic mass is 10.1.